The third-order valence-electron chi connectivity index (χ3n) is 6.24. The summed E-state index contributed by atoms with van der Waals surface area (Å²) in [5, 5.41) is 0. The highest BCUT2D eigenvalue weighted by Gasteiger charge is 2.57. The van der Waals surface area contributed by atoms with Gasteiger partial charge in [0.1, 0.15) is 22.9 Å². The van der Waals surface area contributed by atoms with Crippen LogP contribution in [0.3, 0.4) is 0 Å². The number of ether oxygens (including phenoxy) is 1. The van der Waals surface area contributed by atoms with Crippen LogP contribution in [0.4, 0.5) is 17.6 Å². The number of nitrogens with zero attached hydrogens (tertiary/aromatic N) is 2. The molecule has 2 aliphatic heterocycles. The lowest BCUT2D eigenvalue weighted by atomic mass is 9.90. The number of aliphatic imine (C=N–C) groups is 1. The van der Waals surface area contributed by atoms with Gasteiger partial charge in [-0.15, -0.1) is 0 Å². The number of pyridine rings is 1. The van der Waals surface area contributed by atoms with Crippen LogP contribution in [0, 0.1) is 5.82 Å². The summed E-state index contributed by atoms with van der Waals surface area (Å²) in [5.41, 5.74) is 2.59. The van der Waals surface area contributed by atoms with Crippen molar-refractivity contribution in [2.75, 3.05) is 19.0 Å². The van der Waals surface area contributed by atoms with Crippen LogP contribution in [-0.4, -0.2) is 48.7 Å². The van der Waals surface area contributed by atoms with Crippen molar-refractivity contribution < 1.29 is 35.5 Å². The molecule has 1 spiro atoms. The molecule has 7 nitrogen and oxygen atoms in total. The highest BCUT2D eigenvalue weighted by molar-refractivity contribution is 7.93. The fourth-order valence-electron chi connectivity index (χ4n) is 4.42. The molecule has 182 valence electrons. The molecule has 0 saturated carbocycles. The van der Waals surface area contributed by atoms with Gasteiger partial charge in [-0.2, -0.15) is 13.2 Å². The fraction of sp³-hybridized carbons (Fsp3) is 0.409. The van der Waals surface area contributed by atoms with Crippen LogP contribution in [-0.2, 0) is 32.7 Å². The van der Waals surface area contributed by atoms with Gasteiger partial charge in [0.05, 0.1) is 17.9 Å². The summed E-state index contributed by atoms with van der Waals surface area (Å²) >= 11 is 0. The fourth-order valence-corrected chi connectivity index (χ4v) is 6.68. The van der Waals surface area contributed by atoms with Gasteiger partial charge >= 0.3 is 6.18 Å². The van der Waals surface area contributed by atoms with E-state index < -0.39 is 61.3 Å². The molecular weight excluding hydrogens is 478 g/mol. The molecule has 1 fully saturated rings. The Morgan fingerprint density at radius 3 is 2.62 bits per heavy atom. The molecule has 2 N–H and O–H groups in total. The molecule has 0 radical (unpaired) electrons. The molecule has 0 bridgehead atoms. The van der Waals surface area contributed by atoms with Crippen LogP contribution in [0.2, 0.25) is 0 Å². The summed E-state index contributed by atoms with van der Waals surface area (Å²) in [6, 6.07) is 5.33. The normalized spacial score (nSPS) is 26.4. The van der Waals surface area contributed by atoms with Crippen LogP contribution < -0.4 is 5.73 Å². The first kappa shape index (κ1) is 24.3. The Kier molecular flexibility index (Phi) is 5.80. The van der Waals surface area contributed by atoms with Crippen molar-refractivity contribution >= 4 is 21.5 Å². The average Bonchev–Trinajstić information content (AvgIpc) is 3.25. The smallest absolute Gasteiger partial charge is 0.386 e. The van der Waals surface area contributed by atoms with Gasteiger partial charge in [0.2, 0.25) is 0 Å². The number of carbonyl (C=O) groups is 1. The zero-order chi connectivity index (χ0) is 24.9. The van der Waals surface area contributed by atoms with Crippen molar-refractivity contribution in [1.82, 2.24) is 4.98 Å². The Hall–Kier alpha value is -2.86. The van der Waals surface area contributed by atoms with Crippen molar-refractivity contribution in [1.29, 1.82) is 0 Å². The predicted octanol–water partition coefficient (Wildman–Crippen LogP) is 2.82. The third kappa shape index (κ3) is 3.98. The second-order valence-electron chi connectivity index (χ2n) is 8.64. The highest BCUT2D eigenvalue weighted by atomic mass is 32.2. The van der Waals surface area contributed by atoms with E-state index in [-0.39, 0.29) is 36.6 Å². The SMILES string of the molecule is C[C@@]1(c2cc(CC(=O)c3ncccc3C(F)(F)F)ccc2F)CS(=O)(=O)[C@]2(CCOC2)C(N)=N1. The minimum absolute atomic E-state index is 0.129. The minimum atomic E-state index is -4.77. The first-order valence-corrected chi connectivity index (χ1v) is 11.9. The van der Waals surface area contributed by atoms with Crippen LogP contribution >= 0.6 is 0 Å². The third-order valence-corrected chi connectivity index (χ3v) is 8.90. The molecule has 0 unspecified atom stereocenters. The molecule has 12 heteroatoms. The summed E-state index contributed by atoms with van der Waals surface area (Å²) < 4.78 is 84.7. The van der Waals surface area contributed by atoms with Gasteiger partial charge in [0.25, 0.3) is 0 Å². The molecule has 2 aromatic rings. The number of halogens is 4. The Morgan fingerprint density at radius 1 is 1.26 bits per heavy atom. The van der Waals surface area contributed by atoms with E-state index in [1.165, 1.54) is 19.1 Å². The van der Waals surface area contributed by atoms with Gasteiger partial charge in [-0.25, -0.2) is 12.8 Å². The van der Waals surface area contributed by atoms with Gasteiger partial charge in [0, 0.05) is 24.8 Å². The predicted molar refractivity (Wildman–Crippen MR) is 115 cm³/mol. The lowest BCUT2D eigenvalue weighted by molar-refractivity contribution is -0.138. The lowest BCUT2D eigenvalue weighted by Gasteiger charge is -2.39. The molecule has 2 aliphatic rings. The highest BCUT2D eigenvalue weighted by Crippen LogP contribution is 2.41. The van der Waals surface area contributed by atoms with Crippen molar-refractivity contribution in [3.05, 3.63) is 64.7 Å². The summed E-state index contributed by atoms with van der Waals surface area (Å²) in [4.78, 5) is 20.6. The van der Waals surface area contributed by atoms with Crippen LogP contribution in [0.25, 0.3) is 0 Å². The van der Waals surface area contributed by atoms with Crippen molar-refractivity contribution in [3.63, 3.8) is 0 Å². The standard InChI is InChI=1S/C22H21F4N3O4S/c1-20(12-34(31,32)21(19(27)29-20)6-8-33-11-21)15-9-13(4-5-16(15)23)10-17(30)18-14(22(24,25)26)3-2-7-28-18/h2-5,7,9H,6,8,10-12H2,1H3,(H2,27,29)/t20-,21-/m0/s1. The van der Waals surface area contributed by atoms with Gasteiger partial charge in [-0.1, -0.05) is 6.07 Å². The van der Waals surface area contributed by atoms with Crippen molar-refractivity contribution in [2.24, 2.45) is 10.7 Å². The number of nitrogens with two attached hydrogens (primary N) is 1. The van der Waals surface area contributed by atoms with Gasteiger partial charge in [0.15, 0.2) is 20.4 Å². The van der Waals surface area contributed by atoms with E-state index in [0.717, 1.165) is 24.4 Å². The first-order valence-electron chi connectivity index (χ1n) is 10.3. The number of amidine groups is 1. The number of hydrogen-bond acceptors (Lipinski definition) is 7. The van der Waals surface area contributed by atoms with Crippen LogP contribution in [0.15, 0.2) is 41.5 Å². The molecule has 3 heterocycles. The monoisotopic (exact) mass is 499 g/mol. The Labute approximate surface area is 193 Å². The molecule has 4 rings (SSSR count). The molecule has 1 saturated heterocycles. The lowest BCUT2D eigenvalue weighted by Crippen LogP contribution is -2.58. The van der Waals surface area contributed by atoms with E-state index in [4.69, 9.17) is 10.5 Å². The van der Waals surface area contributed by atoms with Gasteiger partial charge < -0.3 is 10.5 Å². The molecular formula is C22H21F4N3O4S. The topological polar surface area (TPSA) is 112 Å². The zero-order valence-corrected chi connectivity index (χ0v) is 18.8. The molecule has 1 aromatic carbocycles. The van der Waals surface area contributed by atoms with Gasteiger partial charge in [-0.05, 0) is 43.2 Å². The van der Waals surface area contributed by atoms with E-state index in [0.29, 0.717) is 0 Å². The van der Waals surface area contributed by atoms with E-state index in [1.807, 2.05) is 0 Å². The zero-order valence-electron chi connectivity index (χ0n) is 18.0. The maximum Gasteiger partial charge on any atom is 0.418 e. The second kappa shape index (κ2) is 8.12. The average molecular weight is 499 g/mol. The van der Waals surface area contributed by atoms with E-state index >= 15 is 0 Å². The Balaban J connectivity index is 1.70. The summed E-state index contributed by atoms with van der Waals surface area (Å²) in [6.07, 6.45) is -4.06. The number of alkyl halides is 3. The Morgan fingerprint density at radius 2 is 2.00 bits per heavy atom. The molecule has 34 heavy (non-hydrogen) atoms. The largest absolute Gasteiger partial charge is 0.418 e. The minimum Gasteiger partial charge on any atom is -0.386 e. The summed E-state index contributed by atoms with van der Waals surface area (Å²) in [7, 11) is -3.89. The number of ketones is 1. The number of sulfone groups is 1. The molecule has 2 atom stereocenters. The molecule has 1 aromatic heterocycles. The number of carbonyl (C=O) groups excluding carboxylic acids is 1. The maximum absolute atomic E-state index is 14.9. The summed E-state index contributed by atoms with van der Waals surface area (Å²) in [6.45, 7) is 1.47. The van der Waals surface area contributed by atoms with E-state index in [2.05, 4.69) is 9.98 Å². The van der Waals surface area contributed by atoms with Crippen LogP contribution in [0.5, 0.6) is 0 Å². The summed E-state index contributed by atoms with van der Waals surface area (Å²) in [5.74, 6) is -2.42. The molecule has 0 aliphatic carbocycles. The molecule has 0 amide bonds. The van der Waals surface area contributed by atoms with Crippen LogP contribution in [0.1, 0.15) is 40.5 Å². The maximum atomic E-state index is 14.9. The van der Waals surface area contributed by atoms with E-state index in [1.54, 1.807) is 0 Å². The number of rotatable bonds is 4. The number of benzene rings is 1. The van der Waals surface area contributed by atoms with Gasteiger partial charge in [-0.3, -0.25) is 14.8 Å². The quantitative estimate of drug-likeness (QED) is 0.512. The first-order chi connectivity index (χ1) is 15.8. The second-order valence-corrected chi connectivity index (χ2v) is 10.9. The van der Waals surface area contributed by atoms with Crippen molar-refractivity contribution in [2.45, 2.75) is 36.2 Å². The number of hydrogen-bond donors (Lipinski definition) is 1. The Bertz CT molecular complexity index is 1290. The number of aromatic nitrogens is 1. The van der Waals surface area contributed by atoms with E-state index in [9.17, 15) is 30.8 Å². The van der Waals surface area contributed by atoms with Crippen molar-refractivity contribution in [3.8, 4) is 0 Å². The number of Topliss-reactive ketones (excluding diaryl/α,β-unsaturated/α-hetero) is 1.